The number of ether oxygens (including phenoxy) is 1. The van der Waals surface area contributed by atoms with Gasteiger partial charge in [0.25, 0.3) is 0 Å². The number of guanidine groups is 1. The second-order valence-electron chi connectivity index (χ2n) is 5.91. The van der Waals surface area contributed by atoms with Crippen molar-refractivity contribution < 1.29 is 9.13 Å². The Morgan fingerprint density at radius 3 is 2.78 bits per heavy atom. The van der Waals surface area contributed by atoms with Crippen LogP contribution in [0.3, 0.4) is 0 Å². The van der Waals surface area contributed by atoms with Gasteiger partial charge in [0, 0.05) is 31.6 Å². The number of aliphatic imine (C=N–C) groups is 1. The van der Waals surface area contributed by atoms with Crippen molar-refractivity contribution in [3.8, 4) is 0 Å². The minimum Gasteiger partial charge on any atom is -0.373 e. The molecule has 1 saturated heterocycles. The molecule has 2 rings (SSSR count). The van der Waals surface area contributed by atoms with Gasteiger partial charge in [-0.15, -0.1) is 11.8 Å². The number of benzene rings is 1. The van der Waals surface area contributed by atoms with Gasteiger partial charge in [-0.05, 0) is 56.2 Å². The topological polar surface area (TPSA) is 45.7 Å². The van der Waals surface area contributed by atoms with E-state index >= 15 is 0 Å². The van der Waals surface area contributed by atoms with Crippen LogP contribution in [0.2, 0.25) is 0 Å². The molecule has 0 spiro atoms. The van der Waals surface area contributed by atoms with Gasteiger partial charge >= 0.3 is 0 Å². The van der Waals surface area contributed by atoms with Crippen LogP contribution in [-0.4, -0.2) is 44.1 Å². The van der Waals surface area contributed by atoms with Gasteiger partial charge in [-0.3, -0.25) is 4.99 Å². The maximum Gasteiger partial charge on any atom is 0.191 e. The Labute approximate surface area is 142 Å². The summed E-state index contributed by atoms with van der Waals surface area (Å²) in [7, 11) is 1.78. The minimum absolute atomic E-state index is 0.0734. The highest BCUT2D eigenvalue weighted by Gasteiger charge is 2.29. The van der Waals surface area contributed by atoms with E-state index < -0.39 is 0 Å². The molecule has 2 N–H and O–H groups in total. The lowest BCUT2D eigenvalue weighted by Gasteiger charge is -2.24. The molecule has 1 atom stereocenters. The van der Waals surface area contributed by atoms with E-state index in [0.29, 0.717) is 0 Å². The Kier molecular flexibility index (Phi) is 7.17. The highest BCUT2D eigenvalue weighted by Crippen LogP contribution is 2.23. The van der Waals surface area contributed by atoms with Gasteiger partial charge in [-0.25, -0.2) is 4.39 Å². The first-order valence-electron chi connectivity index (χ1n) is 8.08. The number of nitrogens with one attached hydrogen (secondary N) is 2. The third-order valence-electron chi connectivity index (χ3n) is 3.85. The molecule has 1 fully saturated rings. The Balaban J connectivity index is 1.59. The van der Waals surface area contributed by atoms with Crippen LogP contribution < -0.4 is 10.6 Å². The molecule has 0 aromatic heterocycles. The van der Waals surface area contributed by atoms with Crippen molar-refractivity contribution >= 4 is 17.7 Å². The molecule has 1 aliphatic heterocycles. The van der Waals surface area contributed by atoms with E-state index in [0.717, 1.165) is 55.6 Å². The van der Waals surface area contributed by atoms with Gasteiger partial charge in [-0.1, -0.05) is 0 Å². The zero-order valence-electron chi connectivity index (χ0n) is 13.9. The molecule has 1 aromatic rings. The largest absolute Gasteiger partial charge is 0.373 e. The predicted molar refractivity (Wildman–Crippen MR) is 94.7 cm³/mol. The molecule has 1 heterocycles. The summed E-state index contributed by atoms with van der Waals surface area (Å²) in [4.78, 5) is 5.33. The average molecular weight is 339 g/mol. The summed E-state index contributed by atoms with van der Waals surface area (Å²) in [6.45, 7) is 4.62. The molecule has 0 radical (unpaired) electrons. The van der Waals surface area contributed by atoms with Crippen LogP contribution in [-0.2, 0) is 4.74 Å². The number of rotatable bonds is 7. The Morgan fingerprint density at radius 2 is 2.13 bits per heavy atom. The van der Waals surface area contributed by atoms with E-state index in [-0.39, 0.29) is 11.4 Å². The summed E-state index contributed by atoms with van der Waals surface area (Å²) in [5, 5.41) is 6.65. The molecule has 0 aliphatic carbocycles. The van der Waals surface area contributed by atoms with E-state index in [9.17, 15) is 4.39 Å². The molecule has 0 bridgehead atoms. The van der Waals surface area contributed by atoms with Crippen LogP contribution >= 0.6 is 11.8 Å². The fourth-order valence-corrected chi connectivity index (χ4v) is 3.32. The van der Waals surface area contributed by atoms with Crippen molar-refractivity contribution in [2.24, 2.45) is 4.99 Å². The molecule has 1 aromatic carbocycles. The second-order valence-corrected chi connectivity index (χ2v) is 7.08. The normalized spacial score (nSPS) is 21.4. The molecule has 128 valence electrons. The predicted octanol–water partition coefficient (Wildman–Crippen LogP) is 3.04. The van der Waals surface area contributed by atoms with Crippen LogP contribution in [0, 0.1) is 5.82 Å². The van der Waals surface area contributed by atoms with Crippen molar-refractivity contribution in [3.63, 3.8) is 0 Å². The van der Waals surface area contributed by atoms with Crippen molar-refractivity contribution in [1.82, 2.24) is 10.6 Å². The van der Waals surface area contributed by atoms with E-state index in [1.165, 1.54) is 12.1 Å². The summed E-state index contributed by atoms with van der Waals surface area (Å²) in [6.07, 6.45) is 3.23. The summed E-state index contributed by atoms with van der Waals surface area (Å²) in [6, 6.07) is 6.63. The molecular formula is C17H26FN3OS. The van der Waals surface area contributed by atoms with Crippen LogP contribution in [0.4, 0.5) is 4.39 Å². The van der Waals surface area contributed by atoms with Gasteiger partial charge in [0.2, 0.25) is 0 Å². The second kappa shape index (κ2) is 9.13. The van der Waals surface area contributed by atoms with Gasteiger partial charge in [-0.2, -0.15) is 0 Å². The Bertz CT molecular complexity index is 501. The summed E-state index contributed by atoms with van der Waals surface area (Å²) < 4.78 is 18.6. The van der Waals surface area contributed by atoms with Gasteiger partial charge in [0.05, 0.1) is 5.60 Å². The third kappa shape index (κ3) is 6.39. The van der Waals surface area contributed by atoms with E-state index in [2.05, 4.69) is 22.5 Å². The summed E-state index contributed by atoms with van der Waals surface area (Å²) >= 11 is 1.73. The maximum absolute atomic E-state index is 12.8. The fourth-order valence-electron chi connectivity index (χ4n) is 2.47. The quantitative estimate of drug-likeness (QED) is 0.347. The van der Waals surface area contributed by atoms with Crippen LogP contribution in [0.1, 0.15) is 26.2 Å². The van der Waals surface area contributed by atoms with Crippen LogP contribution in [0.15, 0.2) is 34.2 Å². The Morgan fingerprint density at radius 1 is 1.35 bits per heavy atom. The van der Waals surface area contributed by atoms with Crippen molar-refractivity contribution in [2.75, 3.05) is 32.5 Å². The molecule has 1 aliphatic rings. The zero-order valence-corrected chi connectivity index (χ0v) is 14.7. The zero-order chi connectivity index (χ0) is 16.5. The number of hydrogen-bond donors (Lipinski definition) is 2. The highest BCUT2D eigenvalue weighted by atomic mass is 32.2. The number of nitrogens with zero attached hydrogens (tertiary/aromatic N) is 1. The van der Waals surface area contributed by atoms with Gasteiger partial charge < -0.3 is 15.4 Å². The van der Waals surface area contributed by atoms with Crippen LogP contribution in [0.5, 0.6) is 0 Å². The van der Waals surface area contributed by atoms with E-state index in [4.69, 9.17) is 4.74 Å². The molecule has 0 amide bonds. The summed E-state index contributed by atoms with van der Waals surface area (Å²) in [5.41, 5.74) is -0.0734. The molecule has 0 saturated carbocycles. The number of hydrogen-bond acceptors (Lipinski definition) is 3. The fraction of sp³-hybridized carbons (Fsp3) is 0.588. The number of halogens is 1. The maximum atomic E-state index is 12.8. The van der Waals surface area contributed by atoms with E-state index in [1.807, 2.05) is 12.1 Å². The van der Waals surface area contributed by atoms with Crippen LogP contribution in [0.25, 0.3) is 0 Å². The lowest BCUT2D eigenvalue weighted by atomic mass is 10.0. The highest BCUT2D eigenvalue weighted by molar-refractivity contribution is 7.99. The first-order chi connectivity index (χ1) is 11.1. The first-order valence-corrected chi connectivity index (χ1v) is 9.07. The molecule has 4 nitrogen and oxygen atoms in total. The van der Waals surface area contributed by atoms with Crippen molar-refractivity contribution in [2.45, 2.75) is 36.7 Å². The molecule has 6 heteroatoms. The third-order valence-corrected chi connectivity index (χ3v) is 4.95. The first kappa shape index (κ1) is 18.1. The van der Waals surface area contributed by atoms with Gasteiger partial charge in [0.15, 0.2) is 5.96 Å². The van der Waals surface area contributed by atoms with Gasteiger partial charge in [0.1, 0.15) is 5.82 Å². The molecule has 1 unspecified atom stereocenters. The smallest absolute Gasteiger partial charge is 0.191 e. The monoisotopic (exact) mass is 339 g/mol. The molecular weight excluding hydrogens is 313 g/mol. The van der Waals surface area contributed by atoms with Crippen molar-refractivity contribution in [3.05, 3.63) is 30.1 Å². The lowest BCUT2D eigenvalue weighted by Crippen LogP contribution is -2.45. The molecule has 23 heavy (non-hydrogen) atoms. The summed E-state index contributed by atoms with van der Waals surface area (Å²) in [5.74, 6) is 1.61. The minimum atomic E-state index is -0.189. The van der Waals surface area contributed by atoms with E-state index in [1.54, 1.807) is 18.8 Å². The SMILES string of the molecule is CN=C(NCCCSc1ccc(F)cc1)NCC1(C)CCCO1. The number of thioether (sulfide) groups is 1. The standard InChI is InChI=1S/C17H26FN3OS/c1-17(9-3-11-22-17)13-21-16(19-2)20-10-4-12-23-15-7-5-14(18)6-8-15/h5-8H,3-4,9-13H2,1-2H3,(H2,19,20,21). The van der Waals surface area contributed by atoms with Crippen molar-refractivity contribution in [1.29, 1.82) is 0 Å². The Hall–Kier alpha value is -1.27. The lowest BCUT2D eigenvalue weighted by molar-refractivity contribution is 0.0243. The average Bonchev–Trinajstić information content (AvgIpc) is 2.99.